The minimum Gasteiger partial charge on any atom is -0.458 e. The zero-order chi connectivity index (χ0) is 7.98. The third kappa shape index (κ3) is 3.02. The van der Waals surface area contributed by atoms with Crippen LogP contribution in [0.25, 0.3) is 0 Å². The molecular weight excluding hydrogens is 135 g/mol. The maximum absolute atomic E-state index is 11.6. The topological polar surface area (TPSA) is 26.3 Å². The predicted molar refractivity (Wildman–Crippen MR) is 36.0 cm³/mol. The van der Waals surface area contributed by atoms with Gasteiger partial charge in [-0.1, -0.05) is 12.7 Å². The van der Waals surface area contributed by atoms with Crippen LogP contribution in [0, 0.1) is 0 Å². The molecule has 56 valence electrons. The molecule has 0 aromatic heterocycles. The lowest BCUT2D eigenvalue weighted by atomic mass is 10.3. The fourth-order valence-electron chi connectivity index (χ4n) is 0.293. The van der Waals surface area contributed by atoms with Gasteiger partial charge in [-0.15, -0.1) is 0 Å². The maximum atomic E-state index is 11.6. The minimum atomic E-state index is -0.651. The number of halogens is 1. The molecule has 0 bridgehead atoms. The van der Waals surface area contributed by atoms with Gasteiger partial charge in [-0.3, -0.25) is 0 Å². The highest BCUT2D eigenvalue weighted by Gasteiger charge is 2.02. The van der Waals surface area contributed by atoms with Gasteiger partial charge in [0.2, 0.25) is 0 Å². The Morgan fingerprint density at radius 1 is 1.80 bits per heavy atom. The van der Waals surface area contributed by atoms with Crippen molar-refractivity contribution in [2.24, 2.45) is 0 Å². The molecule has 0 aliphatic rings. The van der Waals surface area contributed by atoms with E-state index in [9.17, 15) is 9.18 Å². The van der Waals surface area contributed by atoms with E-state index >= 15 is 0 Å². The summed E-state index contributed by atoms with van der Waals surface area (Å²) in [6.07, 6.45) is 1.63. The van der Waals surface area contributed by atoms with Crippen molar-refractivity contribution in [2.75, 3.05) is 6.61 Å². The number of rotatable bonds is 3. The average Bonchev–Trinajstić information content (AvgIpc) is 1.98. The lowest BCUT2D eigenvalue weighted by Crippen LogP contribution is -2.04. The quantitative estimate of drug-likeness (QED) is 0.341. The van der Waals surface area contributed by atoms with Gasteiger partial charge in [0.1, 0.15) is 6.61 Å². The SMILES string of the molecule is C=CCOC(=O)C(C)=CF. The first-order valence-corrected chi connectivity index (χ1v) is 2.77. The van der Waals surface area contributed by atoms with Crippen molar-refractivity contribution < 1.29 is 13.9 Å². The standard InChI is InChI=1S/C7H9FO2/c1-3-4-10-7(9)6(2)5-8/h3,5H,1,4H2,2H3. The van der Waals surface area contributed by atoms with Gasteiger partial charge in [0, 0.05) is 0 Å². The van der Waals surface area contributed by atoms with E-state index in [1.807, 2.05) is 0 Å². The van der Waals surface area contributed by atoms with Crippen LogP contribution in [-0.2, 0) is 9.53 Å². The summed E-state index contributed by atoms with van der Waals surface area (Å²) in [5.41, 5.74) is -0.0400. The van der Waals surface area contributed by atoms with Gasteiger partial charge >= 0.3 is 5.97 Å². The molecule has 2 nitrogen and oxygen atoms in total. The number of ether oxygens (including phenoxy) is 1. The first-order chi connectivity index (χ1) is 4.72. The molecule has 10 heavy (non-hydrogen) atoms. The maximum Gasteiger partial charge on any atom is 0.336 e. The molecule has 0 saturated heterocycles. The van der Waals surface area contributed by atoms with E-state index in [2.05, 4.69) is 11.3 Å². The van der Waals surface area contributed by atoms with Crippen molar-refractivity contribution in [1.29, 1.82) is 0 Å². The van der Waals surface area contributed by atoms with E-state index in [4.69, 9.17) is 0 Å². The van der Waals surface area contributed by atoms with E-state index < -0.39 is 5.97 Å². The highest BCUT2D eigenvalue weighted by atomic mass is 19.1. The number of hydrogen-bond donors (Lipinski definition) is 0. The van der Waals surface area contributed by atoms with Crippen LogP contribution < -0.4 is 0 Å². The second-order valence-corrected chi connectivity index (χ2v) is 1.68. The van der Waals surface area contributed by atoms with Crippen LogP contribution in [0.5, 0.6) is 0 Å². The molecule has 0 radical (unpaired) electrons. The molecule has 0 atom stereocenters. The smallest absolute Gasteiger partial charge is 0.336 e. The van der Waals surface area contributed by atoms with Crippen LogP contribution in [0.15, 0.2) is 24.6 Å². The van der Waals surface area contributed by atoms with Crippen molar-refractivity contribution in [2.45, 2.75) is 6.92 Å². The Balaban J connectivity index is 3.74. The second-order valence-electron chi connectivity index (χ2n) is 1.68. The first kappa shape index (κ1) is 8.88. The highest BCUT2D eigenvalue weighted by Crippen LogP contribution is 1.95. The number of carbonyl (C=O) groups is 1. The van der Waals surface area contributed by atoms with Gasteiger partial charge < -0.3 is 4.74 Å². The Hall–Kier alpha value is -1.12. The average molecular weight is 144 g/mol. The summed E-state index contributed by atoms with van der Waals surface area (Å²) in [5, 5.41) is 0. The molecule has 0 N–H and O–H groups in total. The fraction of sp³-hybridized carbons (Fsp3) is 0.286. The summed E-state index contributed by atoms with van der Waals surface area (Å²) < 4.78 is 16.1. The molecule has 0 aliphatic carbocycles. The molecule has 0 unspecified atom stereocenters. The normalized spacial score (nSPS) is 10.8. The van der Waals surface area contributed by atoms with Crippen LogP contribution >= 0.6 is 0 Å². The molecule has 3 heteroatoms. The highest BCUT2D eigenvalue weighted by molar-refractivity contribution is 5.87. The molecule has 0 saturated carbocycles. The van der Waals surface area contributed by atoms with Crippen molar-refractivity contribution in [3.63, 3.8) is 0 Å². The van der Waals surface area contributed by atoms with E-state index in [0.29, 0.717) is 0 Å². The van der Waals surface area contributed by atoms with Gasteiger partial charge in [0.05, 0.1) is 11.9 Å². The third-order valence-electron chi connectivity index (χ3n) is 0.818. The summed E-state index contributed by atoms with van der Waals surface area (Å²) in [4.78, 5) is 10.6. The lowest BCUT2D eigenvalue weighted by Gasteiger charge is -1.98. The van der Waals surface area contributed by atoms with Crippen LogP contribution in [0.4, 0.5) is 4.39 Å². The summed E-state index contributed by atoms with van der Waals surface area (Å²) in [7, 11) is 0. The van der Waals surface area contributed by atoms with Crippen molar-refractivity contribution in [1.82, 2.24) is 0 Å². The summed E-state index contributed by atoms with van der Waals surface area (Å²) >= 11 is 0. The van der Waals surface area contributed by atoms with Crippen LogP contribution in [-0.4, -0.2) is 12.6 Å². The molecule has 0 heterocycles. The minimum absolute atomic E-state index is 0.0400. The number of esters is 1. The summed E-state index contributed by atoms with van der Waals surface area (Å²) in [6.45, 7) is 4.78. The Morgan fingerprint density at radius 3 is 2.80 bits per heavy atom. The Bertz CT molecular complexity index is 161. The lowest BCUT2D eigenvalue weighted by molar-refractivity contribution is -0.137. The monoisotopic (exact) mass is 144 g/mol. The summed E-state index contributed by atoms with van der Waals surface area (Å²) in [5.74, 6) is -0.651. The van der Waals surface area contributed by atoms with Crippen LogP contribution in [0.2, 0.25) is 0 Å². The van der Waals surface area contributed by atoms with Gasteiger partial charge in [-0.2, -0.15) is 0 Å². The zero-order valence-corrected chi connectivity index (χ0v) is 5.76. The van der Waals surface area contributed by atoms with E-state index in [0.717, 1.165) is 0 Å². The third-order valence-corrected chi connectivity index (χ3v) is 0.818. The van der Waals surface area contributed by atoms with Gasteiger partial charge in [0.25, 0.3) is 0 Å². The molecular formula is C7H9FO2. The summed E-state index contributed by atoms with van der Waals surface area (Å²) in [6, 6.07) is 0. The predicted octanol–water partition coefficient (Wildman–Crippen LogP) is 1.59. The van der Waals surface area contributed by atoms with Crippen molar-refractivity contribution >= 4 is 5.97 Å². The van der Waals surface area contributed by atoms with Gasteiger partial charge in [0.15, 0.2) is 0 Å². The van der Waals surface area contributed by atoms with Gasteiger partial charge in [-0.05, 0) is 6.92 Å². The molecule has 0 aliphatic heterocycles. The fourth-order valence-corrected chi connectivity index (χ4v) is 0.293. The Labute approximate surface area is 59.0 Å². The first-order valence-electron chi connectivity index (χ1n) is 2.77. The second kappa shape index (κ2) is 4.73. The van der Waals surface area contributed by atoms with Crippen molar-refractivity contribution in [3.05, 3.63) is 24.6 Å². The molecule has 0 aromatic carbocycles. The molecule has 0 fully saturated rings. The molecule has 0 spiro atoms. The van der Waals surface area contributed by atoms with Crippen molar-refractivity contribution in [3.8, 4) is 0 Å². The van der Waals surface area contributed by atoms with Crippen LogP contribution in [0.1, 0.15) is 6.92 Å². The Kier molecular flexibility index (Phi) is 4.20. The molecule has 0 aromatic rings. The molecule has 0 rings (SSSR count). The van der Waals surface area contributed by atoms with Gasteiger partial charge in [-0.25, -0.2) is 9.18 Å². The van der Waals surface area contributed by atoms with E-state index in [-0.39, 0.29) is 18.5 Å². The molecule has 0 amide bonds. The number of carbonyl (C=O) groups excluding carboxylic acids is 1. The van der Waals surface area contributed by atoms with Crippen LogP contribution in [0.3, 0.4) is 0 Å². The number of hydrogen-bond acceptors (Lipinski definition) is 2. The van der Waals surface area contributed by atoms with E-state index in [1.54, 1.807) is 0 Å². The Morgan fingerprint density at radius 2 is 2.40 bits per heavy atom. The largest absolute Gasteiger partial charge is 0.458 e. The van der Waals surface area contributed by atoms with E-state index in [1.165, 1.54) is 13.0 Å². The zero-order valence-electron chi connectivity index (χ0n) is 5.76.